The number of nitrogens with zero attached hydrogens (tertiary/aromatic N) is 3. The Morgan fingerprint density at radius 3 is 2.35 bits per heavy atom. The number of rotatable bonds is 6. The number of alkyl carbamates (subject to hydrolysis) is 1. The molecule has 0 fully saturated rings. The van der Waals surface area contributed by atoms with Crippen molar-refractivity contribution in [1.29, 1.82) is 0 Å². The van der Waals surface area contributed by atoms with Gasteiger partial charge in [0.2, 0.25) is 0 Å². The molecule has 37 heavy (non-hydrogen) atoms. The molecule has 0 aliphatic carbocycles. The molecule has 0 unspecified atom stereocenters. The van der Waals surface area contributed by atoms with Crippen molar-refractivity contribution in [2.24, 2.45) is 0 Å². The van der Waals surface area contributed by atoms with Crippen molar-refractivity contribution in [3.8, 4) is 0 Å². The monoisotopic (exact) mass is 554 g/mol. The van der Waals surface area contributed by atoms with Gasteiger partial charge in [0.05, 0.1) is 34.0 Å². The summed E-state index contributed by atoms with van der Waals surface area (Å²) in [6.07, 6.45) is -0.194. The lowest BCUT2D eigenvalue weighted by molar-refractivity contribution is -0.0383. The molecule has 0 saturated heterocycles. The molecule has 1 atom stereocenters. The van der Waals surface area contributed by atoms with E-state index in [1.807, 2.05) is 17.5 Å². The van der Waals surface area contributed by atoms with Gasteiger partial charge in [-0.3, -0.25) is 4.90 Å². The van der Waals surface area contributed by atoms with Gasteiger partial charge >= 0.3 is 18.1 Å². The Morgan fingerprint density at radius 2 is 1.78 bits per heavy atom. The smallest absolute Gasteiger partial charge is 0.415 e. The maximum absolute atomic E-state index is 15.6. The number of aryl methyl sites for hydroxylation is 1. The van der Waals surface area contributed by atoms with Crippen molar-refractivity contribution in [3.63, 3.8) is 0 Å². The molecule has 12 heteroatoms. The summed E-state index contributed by atoms with van der Waals surface area (Å²) in [5.41, 5.74) is -0.809. The van der Waals surface area contributed by atoms with Gasteiger partial charge in [-0.25, -0.2) is 9.59 Å². The average molecular weight is 555 g/mol. The third kappa shape index (κ3) is 6.92. The Morgan fingerprint density at radius 1 is 1.14 bits per heavy atom. The van der Waals surface area contributed by atoms with Crippen molar-refractivity contribution in [3.05, 3.63) is 39.0 Å². The van der Waals surface area contributed by atoms with Crippen LogP contribution in [0.5, 0.6) is 0 Å². The van der Waals surface area contributed by atoms with Gasteiger partial charge in [-0.2, -0.15) is 13.9 Å². The van der Waals surface area contributed by atoms with Crippen LogP contribution in [0.3, 0.4) is 0 Å². The van der Waals surface area contributed by atoms with Crippen LogP contribution in [-0.2, 0) is 21.9 Å². The first-order valence-electron chi connectivity index (χ1n) is 11.6. The highest BCUT2D eigenvalue weighted by molar-refractivity contribution is 7.20. The number of anilines is 1. The Bertz CT molecular complexity index is 1260. The van der Waals surface area contributed by atoms with E-state index in [0.717, 1.165) is 16.2 Å². The first kappa shape index (κ1) is 28.7. The van der Waals surface area contributed by atoms with Crippen molar-refractivity contribution in [2.45, 2.75) is 85.1 Å². The summed E-state index contributed by atoms with van der Waals surface area (Å²) in [5.74, 6) is -3.45. The van der Waals surface area contributed by atoms with Crippen LogP contribution in [0.25, 0.3) is 10.2 Å². The molecule has 0 aromatic carbocycles. The largest absolute Gasteiger partial charge is 0.444 e. The number of carbonyl (C=O) groups is 2. The molecule has 2 amide bonds. The van der Waals surface area contributed by atoms with Crippen LogP contribution in [0.4, 0.5) is 24.1 Å². The number of thiophene rings is 2. The second-order valence-corrected chi connectivity index (χ2v) is 12.7. The van der Waals surface area contributed by atoms with E-state index in [1.54, 1.807) is 41.5 Å². The Hall–Kier alpha value is -2.86. The van der Waals surface area contributed by atoms with Gasteiger partial charge in [0.25, 0.3) is 0 Å². The van der Waals surface area contributed by atoms with Crippen LogP contribution < -0.4 is 10.2 Å². The fourth-order valence-electron chi connectivity index (χ4n) is 3.40. The molecule has 1 N–H and O–H groups in total. The van der Waals surface area contributed by atoms with E-state index in [2.05, 4.69) is 15.5 Å². The number of hydrogen-bond donors (Lipinski definition) is 1. The van der Waals surface area contributed by atoms with Gasteiger partial charge in [0.1, 0.15) is 16.7 Å². The van der Waals surface area contributed by atoms with Gasteiger partial charge in [-0.1, -0.05) is 6.07 Å². The molecule has 0 radical (unpaired) electrons. The lowest BCUT2D eigenvalue weighted by atomic mass is 10.1. The minimum absolute atomic E-state index is 0.173. The number of aromatic nitrogens is 2. The summed E-state index contributed by atoms with van der Waals surface area (Å²) in [5, 5.41) is 12.2. The zero-order valence-corrected chi connectivity index (χ0v) is 23.8. The number of nitrogens with one attached hydrogen (secondary N) is 1. The van der Waals surface area contributed by atoms with Gasteiger partial charge in [-0.15, -0.1) is 27.8 Å². The first-order valence-corrected chi connectivity index (χ1v) is 13.3. The summed E-state index contributed by atoms with van der Waals surface area (Å²) in [4.78, 5) is 27.3. The SMILES string of the molecule is Cc1c(C(F)(F)[C@H](C)NC(=O)OC(C)(C)C)sc2c(N(Cc3cccs3)C(=O)OC(C)(C)C)cnnc12. The highest BCUT2D eigenvalue weighted by Gasteiger charge is 2.44. The molecule has 3 aromatic rings. The molecule has 202 valence electrons. The van der Waals surface area contributed by atoms with E-state index in [0.29, 0.717) is 10.4 Å². The number of halogens is 2. The number of hydrogen-bond acceptors (Lipinski definition) is 8. The maximum atomic E-state index is 15.6. The van der Waals surface area contributed by atoms with E-state index in [-0.39, 0.29) is 22.5 Å². The Labute approximate surface area is 223 Å². The van der Waals surface area contributed by atoms with Crippen molar-refractivity contribution < 1.29 is 27.8 Å². The second kappa shape index (κ2) is 10.5. The van der Waals surface area contributed by atoms with E-state index < -0.39 is 35.4 Å². The van der Waals surface area contributed by atoms with Crippen LogP contribution in [0, 0.1) is 6.92 Å². The number of alkyl halides is 2. The molecule has 0 spiro atoms. The zero-order valence-electron chi connectivity index (χ0n) is 22.1. The highest BCUT2D eigenvalue weighted by Crippen LogP contribution is 2.45. The van der Waals surface area contributed by atoms with Crippen molar-refractivity contribution >= 4 is 50.8 Å². The minimum atomic E-state index is -3.45. The van der Waals surface area contributed by atoms with Crippen molar-refractivity contribution in [1.82, 2.24) is 15.5 Å². The van der Waals surface area contributed by atoms with Crippen LogP contribution in [-0.4, -0.2) is 39.6 Å². The number of amides is 2. The lowest BCUT2D eigenvalue weighted by Crippen LogP contribution is -2.45. The predicted molar refractivity (Wildman–Crippen MR) is 142 cm³/mol. The fourth-order valence-corrected chi connectivity index (χ4v) is 5.42. The molecule has 3 rings (SSSR count). The maximum Gasteiger partial charge on any atom is 0.415 e. The van der Waals surface area contributed by atoms with Gasteiger partial charge in [0.15, 0.2) is 0 Å². The van der Waals surface area contributed by atoms with Gasteiger partial charge in [0, 0.05) is 4.88 Å². The zero-order chi connectivity index (χ0) is 27.8. The summed E-state index contributed by atoms with van der Waals surface area (Å²) in [6, 6.07) is 2.16. The fraction of sp³-hybridized carbons (Fsp3) is 0.520. The number of carbonyl (C=O) groups excluding carboxylic acids is 2. The van der Waals surface area contributed by atoms with Crippen LogP contribution in [0.1, 0.15) is 63.8 Å². The highest BCUT2D eigenvalue weighted by atomic mass is 32.1. The minimum Gasteiger partial charge on any atom is -0.444 e. The van der Waals surface area contributed by atoms with Crippen LogP contribution in [0.2, 0.25) is 0 Å². The average Bonchev–Trinajstić information content (AvgIpc) is 3.37. The van der Waals surface area contributed by atoms with E-state index in [1.165, 1.54) is 36.3 Å². The molecule has 0 saturated carbocycles. The standard InChI is InChI=1S/C25H32F2N4O4S2/c1-14-18-19(37-20(14)25(26,27)15(2)29-21(32)34-23(3,4)5)17(12-28-30-18)31(13-16-10-9-11-36-16)22(33)35-24(6,7)8/h9-12,15H,13H2,1-8H3,(H,29,32)/t15-/m0/s1. The summed E-state index contributed by atoms with van der Waals surface area (Å²) in [6.45, 7) is 13.1. The summed E-state index contributed by atoms with van der Waals surface area (Å²) < 4.78 is 42.4. The van der Waals surface area contributed by atoms with Crippen molar-refractivity contribution in [2.75, 3.05) is 4.90 Å². The molecular weight excluding hydrogens is 522 g/mol. The van der Waals surface area contributed by atoms with E-state index in [4.69, 9.17) is 9.47 Å². The van der Waals surface area contributed by atoms with E-state index >= 15 is 8.78 Å². The van der Waals surface area contributed by atoms with Gasteiger partial charge < -0.3 is 14.8 Å². The molecule has 3 aromatic heterocycles. The molecule has 0 bridgehead atoms. The third-order valence-electron chi connectivity index (χ3n) is 5.06. The molecule has 0 aliphatic heterocycles. The molecule has 0 aliphatic rings. The normalized spacial score (nSPS) is 13.4. The number of ether oxygens (including phenoxy) is 2. The van der Waals surface area contributed by atoms with Crippen LogP contribution >= 0.6 is 22.7 Å². The predicted octanol–water partition coefficient (Wildman–Crippen LogP) is 7.01. The van der Waals surface area contributed by atoms with Crippen LogP contribution in [0.15, 0.2) is 23.7 Å². The third-order valence-corrected chi connectivity index (χ3v) is 7.31. The number of fused-ring (bicyclic) bond motifs is 1. The molecule has 3 heterocycles. The summed E-state index contributed by atoms with van der Waals surface area (Å²) >= 11 is 2.27. The second-order valence-electron chi connectivity index (χ2n) is 10.6. The Kier molecular flexibility index (Phi) is 8.13. The van der Waals surface area contributed by atoms with E-state index in [9.17, 15) is 9.59 Å². The topological polar surface area (TPSA) is 93.7 Å². The Balaban J connectivity index is 2.04. The lowest BCUT2D eigenvalue weighted by Gasteiger charge is -2.27. The molecular formula is C25H32F2N4O4S2. The first-order chi connectivity index (χ1) is 17.0. The summed E-state index contributed by atoms with van der Waals surface area (Å²) in [7, 11) is 0. The van der Waals surface area contributed by atoms with Gasteiger partial charge in [-0.05, 0) is 72.4 Å². The quantitative estimate of drug-likeness (QED) is 0.352. The molecule has 8 nitrogen and oxygen atoms in total.